The van der Waals surface area contributed by atoms with Crippen molar-refractivity contribution >= 4 is 28.6 Å². The number of nitrogens with one attached hydrogen (secondary N) is 1. The average molecular weight is 347 g/mol. The van der Waals surface area contributed by atoms with E-state index in [1.807, 2.05) is 0 Å². The van der Waals surface area contributed by atoms with Gasteiger partial charge < -0.3 is 10.4 Å². The largest absolute Gasteiger partial charge is 0.478 e. The summed E-state index contributed by atoms with van der Waals surface area (Å²) in [5.74, 6) is -0.806. The second-order valence-corrected chi connectivity index (χ2v) is 7.46. The van der Waals surface area contributed by atoms with Gasteiger partial charge in [-0.15, -0.1) is 11.3 Å². The van der Waals surface area contributed by atoms with E-state index in [2.05, 4.69) is 29.1 Å². The molecule has 0 unspecified atom stereocenters. The van der Waals surface area contributed by atoms with Gasteiger partial charge in [0.15, 0.2) is 6.29 Å². The highest BCUT2D eigenvalue weighted by atomic mass is 32.1. The lowest BCUT2D eigenvalue weighted by atomic mass is 9.76. The molecule has 0 saturated heterocycles. The van der Waals surface area contributed by atoms with Crippen LogP contribution in [0.5, 0.6) is 0 Å². The quantitative estimate of drug-likeness (QED) is 0.828. The van der Waals surface area contributed by atoms with Gasteiger partial charge in [0.1, 0.15) is 17.0 Å². The van der Waals surface area contributed by atoms with Crippen LogP contribution < -0.4 is 5.32 Å². The van der Waals surface area contributed by atoms with E-state index in [4.69, 9.17) is 0 Å². The van der Waals surface area contributed by atoms with Crippen LogP contribution in [0, 0.1) is 5.41 Å². The lowest BCUT2D eigenvalue weighted by Gasteiger charge is -2.29. The molecule has 0 radical (unpaired) electrons. The topological polar surface area (TPSA) is 92.2 Å². The van der Waals surface area contributed by atoms with Crippen LogP contribution in [0.25, 0.3) is 0 Å². The van der Waals surface area contributed by atoms with Gasteiger partial charge in [-0.3, -0.25) is 4.79 Å². The molecule has 0 aliphatic heterocycles. The van der Waals surface area contributed by atoms with E-state index < -0.39 is 5.97 Å². The normalized spacial score (nSPS) is 14.8. The van der Waals surface area contributed by atoms with Crippen molar-refractivity contribution in [1.82, 2.24) is 9.97 Å². The Labute approximate surface area is 145 Å². The predicted octanol–water partition coefficient (Wildman–Crippen LogP) is 3.29. The molecule has 0 saturated carbocycles. The van der Waals surface area contributed by atoms with Crippen LogP contribution in [0.2, 0.25) is 0 Å². The molecule has 0 spiro atoms. The number of aromatic carboxylic acids is 1. The van der Waals surface area contributed by atoms with Gasteiger partial charge in [-0.2, -0.15) is 0 Å². The highest BCUT2D eigenvalue weighted by Crippen LogP contribution is 2.43. The van der Waals surface area contributed by atoms with Crippen molar-refractivity contribution in [2.75, 3.05) is 12.4 Å². The van der Waals surface area contributed by atoms with E-state index in [0.29, 0.717) is 17.5 Å². The van der Waals surface area contributed by atoms with Crippen molar-refractivity contribution < 1.29 is 14.7 Å². The van der Waals surface area contributed by atoms with E-state index in [-0.39, 0.29) is 5.41 Å². The van der Waals surface area contributed by atoms with Gasteiger partial charge >= 0.3 is 5.97 Å². The van der Waals surface area contributed by atoms with Gasteiger partial charge in [-0.1, -0.05) is 13.8 Å². The number of thiophene rings is 1. The summed E-state index contributed by atoms with van der Waals surface area (Å²) in [6.45, 7) is 4.41. The molecule has 2 aromatic heterocycles. The Bertz CT molecular complexity index is 726. The van der Waals surface area contributed by atoms with Gasteiger partial charge in [-0.25, -0.2) is 14.8 Å². The zero-order valence-electron chi connectivity index (χ0n) is 14.0. The van der Waals surface area contributed by atoms with Crippen LogP contribution in [-0.4, -0.2) is 34.4 Å². The number of hydrogen-bond acceptors (Lipinski definition) is 6. The molecule has 0 aromatic carbocycles. The van der Waals surface area contributed by atoms with Crippen molar-refractivity contribution in [3.8, 4) is 0 Å². The molecular formula is C17H21N3O3S. The van der Waals surface area contributed by atoms with Crippen molar-refractivity contribution in [2.45, 2.75) is 33.1 Å². The summed E-state index contributed by atoms with van der Waals surface area (Å²) in [4.78, 5) is 29.7. The van der Waals surface area contributed by atoms with Gasteiger partial charge in [0.05, 0.1) is 5.56 Å². The summed E-state index contributed by atoms with van der Waals surface area (Å²) in [5, 5.41) is 13.1. The molecule has 2 aromatic rings. The van der Waals surface area contributed by atoms with Crippen molar-refractivity contribution in [3.05, 3.63) is 40.3 Å². The number of nitrogens with zero attached hydrogens (tertiary/aromatic N) is 2. The first kappa shape index (κ1) is 18.1. The maximum Gasteiger partial charge on any atom is 0.338 e. The Morgan fingerprint density at radius 2 is 2.21 bits per heavy atom. The highest BCUT2D eigenvalue weighted by Gasteiger charge is 2.32. The second kappa shape index (κ2) is 7.53. The van der Waals surface area contributed by atoms with Gasteiger partial charge in [0.2, 0.25) is 0 Å². The van der Waals surface area contributed by atoms with Gasteiger partial charge in [0.25, 0.3) is 0 Å². The van der Waals surface area contributed by atoms with Crippen molar-refractivity contribution in [3.63, 3.8) is 0 Å². The SMILES string of the molecule is CNc1sc2c(c1C(=O)O)CC(C)(C)CC2.O=Cc1ccncn1. The average Bonchev–Trinajstić information content (AvgIpc) is 2.92. The smallest absolute Gasteiger partial charge is 0.338 e. The molecule has 1 aliphatic carbocycles. The minimum absolute atomic E-state index is 0.225. The monoisotopic (exact) mass is 347 g/mol. The second-order valence-electron chi connectivity index (χ2n) is 6.36. The number of anilines is 1. The number of carboxylic acid groups (broad SMARTS) is 1. The fourth-order valence-corrected chi connectivity index (χ4v) is 3.86. The lowest BCUT2D eigenvalue weighted by molar-refractivity contribution is 0.0696. The zero-order chi connectivity index (χ0) is 17.7. The number of hydrogen-bond donors (Lipinski definition) is 2. The van der Waals surface area contributed by atoms with E-state index in [0.717, 1.165) is 29.8 Å². The number of aryl methyl sites for hydroxylation is 1. The molecule has 1 aliphatic rings. The van der Waals surface area contributed by atoms with Crippen molar-refractivity contribution in [1.29, 1.82) is 0 Å². The summed E-state index contributed by atoms with van der Waals surface area (Å²) < 4.78 is 0. The number of carbonyl (C=O) groups is 2. The number of carboxylic acids is 1. The first-order valence-corrected chi connectivity index (χ1v) is 8.46. The number of fused-ring (bicyclic) bond motifs is 1. The van der Waals surface area contributed by atoms with Crippen LogP contribution in [-0.2, 0) is 12.8 Å². The fraction of sp³-hybridized carbons (Fsp3) is 0.412. The lowest BCUT2D eigenvalue weighted by Crippen LogP contribution is -2.22. The van der Waals surface area contributed by atoms with Crippen LogP contribution in [0.1, 0.15) is 51.6 Å². The molecule has 6 nitrogen and oxygen atoms in total. The molecular weight excluding hydrogens is 326 g/mol. The standard InChI is InChI=1S/C12H17NO2S.C5H4N2O/c1-12(2)5-4-8-7(6-12)9(11(14)15)10(13-3)16-8;8-3-5-1-2-6-4-7-5/h13H,4-6H2,1-3H3,(H,14,15);1-4H. The van der Waals surface area contributed by atoms with Gasteiger partial charge in [-0.05, 0) is 36.3 Å². The van der Waals surface area contributed by atoms with Crippen LogP contribution in [0.15, 0.2) is 18.6 Å². The first-order valence-electron chi connectivity index (χ1n) is 7.64. The molecule has 2 N–H and O–H groups in total. The molecule has 0 bridgehead atoms. The molecule has 2 heterocycles. The number of rotatable bonds is 3. The summed E-state index contributed by atoms with van der Waals surface area (Å²) in [6.07, 6.45) is 6.57. The third-order valence-corrected chi connectivity index (χ3v) is 5.25. The van der Waals surface area contributed by atoms with E-state index >= 15 is 0 Å². The Morgan fingerprint density at radius 3 is 2.71 bits per heavy atom. The van der Waals surface area contributed by atoms with Crippen molar-refractivity contribution in [2.24, 2.45) is 5.41 Å². The van der Waals surface area contributed by atoms with E-state index in [1.165, 1.54) is 17.4 Å². The van der Waals surface area contributed by atoms with E-state index in [9.17, 15) is 14.7 Å². The number of carbonyl (C=O) groups excluding carboxylic acids is 1. The van der Waals surface area contributed by atoms with Crippen LogP contribution in [0.3, 0.4) is 0 Å². The van der Waals surface area contributed by atoms with Crippen LogP contribution >= 0.6 is 11.3 Å². The predicted molar refractivity (Wildman–Crippen MR) is 94.1 cm³/mol. The van der Waals surface area contributed by atoms with Crippen LogP contribution in [0.4, 0.5) is 5.00 Å². The number of aldehydes is 1. The fourth-order valence-electron chi connectivity index (χ4n) is 2.69. The maximum atomic E-state index is 11.3. The molecule has 3 rings (SSSR count). The first-order chi connectivity index (χ1) is 11.4. The molecule has 7 heteroatoms. The third kappa shape index (κ3) is 4.17. The maximum absolute atomic E-state index is 11.3. The zero-order valence-corrected chi connectivity index (χ0v) is 14.8. The summed E-state index contributed by atoms with van der Waals surface area (Å²) in [7, 11) is 1.79. The third-order valence-electron chi connectivity index (χ3n) is 3.94. The molecule has 128 valence electrons. The summed E-state index contributed by atoms with van der Waals surface area (Å²) in [6, 6.07) is 1.55. The van der Waals surface area contributed by atoms with E-state index in [1.54, 1.807) is 24.5 Å². The molecule has 0 amide bonds. The minimum Gasteiger partial charge on any atom is -0.478 e. The Morgan fingerprint density at radius 1 is 1.46 bits per heavy atom. The Hall–Kier alpha value is -2.28. The molecule has 0 fully saturated rings. The summed E-state index contributed by atoms with van der Waals surface area (Å²) in [5.41, 5.74) is 2.19. The Balaban J connectivity index is 0.000000219. The highest BCUT2D eigenvalue weighted by molar-refractivity contribution is 7.16. The molecule has 0 atom stereocenters. The summed E-state index contributed by atoms with van der Waals surface area (Å²) >= 11 is 1.60. The molecule has 24 heavy (non-hydrogen) atoms. The Kier molecular flexibility index (Phi) is 5.66. The minimum atomic E-state index is -0.806. The van der Waals surface area contributed by atoms with Gasteiger partial charge in [0, 0.05) is 18.1 Å². The number of aromatic nitrogens is 2.